The first-order valence-electron chi connectivity index (χ1n) is 24.7. The summed E-state index contributed by atoms with van der Waals surface area (Å²) in [6.45, 7) is 11.2. The molecule has 2 aliphatic rings. The lowest BCUT2D eigenvalue weighted by molar-refractivity contribution is -0.0274. The minimum atomic E-state index is -0.457. The molecule has 0 saturated carbocycles. The molecule has 17 nitrogen and oxygen atoms in total. The highest BCUT2D eigenvalue weighted by Gasteiger charge is 2.30. The highest BCUT2D eigenvalue weighted by molar-refractivity contribution is 5.80. The van der Waals surface area contributed by atoms with Gasteiger partial charge in [0.25, 0.3) is 0 Å². The van der Waals surface area contributed by atoms with Crippen molar-refractivity contribution in [2.45, 2.75) is 11.8 Å². The molecule has 0 atom stereocenters. The highest BCUT2D eigenvalue weighted by Crippen LogP contribution is 2.45. The van der Waals surface area contributed by atoms with Gasteiger partial charge in [0.05, 0.1) is 145 Å². The zero-order valence-electron chi connectivity index (χ0n) is 40.9. The number of carbonyl (C=O) groups excluding carboxylic acids is 2. The van der Waals surface area contributed by atoms with Gasteiger partial charge in [-0.05, 0) is 44.5 Å². The molecule has 0 fully saturated rings. The second-order valence-electron chi connectivity index (χ2n) is 16.2. The van der Waals surface area contributed by atoms with Crippen LogP contribution < -0.4 is 10.6 Å². The molecule has 388 valence electrons. The van der Waals surface area contributed by atoms with Crippen LogP contribution in [0.15, 0.2) is 97.1 Å². The predicted octanol–water partition coefficient (Wildman–Crippen LogP) is 6.25. The summed E-state index contributed by atoms with van der Waals surface area (Å²) in [5.74, 6) is 0.0593. The van der Waals surface area contributed by atoms with E-state index in [0.29, 0.717) is 158 Å². The van der Waals surface area contributed by atoms with Crippen molar-refractivity contribution in [3.63, 3.8) is 0 Å². The van der Waals surface area contributed by atoms with Crippen molar-refractivity contribution in [2.24, 2.45) is 0 Å². The number of benzene rings is 4. The fraction of sp³-hybridized carbons (Fsp3) is 0.519. The number of ether oxygens (including phenoxy) is 13. The molecule has 0 saturated heterocycles. The minimum absolute atomic E-state index is 0.0296. The van der Waals surface area contributed by atoms with Crippen LogP contribution in [0.1, 0.15) is 34.1 Å². The molecule has 6 rings (SSSR count). The Labute approximate surface area is 417 Å². The normalized spacial score (nSPS) is 12.6. The maximum absolute atomic E-state index is 12.3. The minimum Gasteiger partial charge on any atom is -0.449 e. The van der Waals surface area contributed by atoms with Crippen molar-refractivity contribution >= 4 is 12.2 Å². The van der Waals surface area contributed by atoms with Gasteiger partial charge in [0.2, 0.25) is 0 Å². The Morgan fingerprint density at radius 1 is 0.296 bits per heavy atom. The third-order valence-electron chi connectivity index (χ3n) is 11.4. The van der Waals surface area contributed by atoms with E-state index in [9.17, 15) is 9.59 Å². The molecule has 71 heavy (non-hydrogen) atoms. The first-order valence-corrected chi connectivity index (χ1v) is 24.7. The van der Waals surface area contributed by atoms with Crippen LogP contribution in [0.4, 0.5) is 9.59 Å². The van der Waals surface area contributed by atoms with E-state index in [1.807, 2.05) is 48.5 Å². The molecule has 17 heteroatoms. The number of amides is 2. The third kappa shape index (κ3) is 20.2. The fourth-order valence-corrected chi connectivity index (χ4v) is 8.05. The molecule has 4 aromatic rings. The molecule has 0 bridgehead atoms. The number of hydrogen-bond donors (Lipinski definition) is 2. The van der Waals surface area contributed by atoms with Crippen LogP contribution in [0, 0.1) is 0 Å². The summed E-state index contributed by atoms with van der Waals surface area (Å²) in [4.78, 5) is 24.6. The van der Waals surface area contributed by atoms with Gasteiger partial charge in [-0.3, -0.25) is 0 Å². The lowest BCUT2D eigenvalue weighted by Gasteiger charge is -2.14. The molecule has 0 heterocycles. The molecule has 0 radical (unpaired) electrons. The number of rotatable bonds is 40. The fourth-order valence-electron chi connectivity index (χ4n) is 8.05. The average molecular weight is 989 g/mol. The number of carbonyl (C=O) groups is 2. The van der Waals surface area contributed by atoms with Gasteiger partial charge in [-0.1, -0.05) is 97.1 Å². The molecular formula is C54H72N2O15. The number of alkyl carbamates (subject to hydrolysis) is 2. The third-order valence-corrected chi connectivity index (χ3v) is 11.4. The van der Waals surface area contributed by atoms with Gasteiger partial charge in [0.1, 0.15) is 13.2 Å². The first-order chi connectivity index (χ1) is 35.2. The Morgan fingerprint density at radius 2 is 0.493 bits per heavy atom. The molecule has 0 aliphatic heterocycles. The predicted molar refractivity (Wildman–Crippen MR) is 265 cm³/mol. The van der Waals surface area contributed by atoms with Crippen molar-refractivity contribution in [3.05, 3.63) is 119 Å². The summed E-state index contributed by atoms with van der Waals surface area (Å²) < 4.78 is 71.9. The Morgan fingerprint density at radius 3 is 0.718 bits per heavy atom. The first kappa shape index (κ1) is 55.3. The summed E-state index contributed by atoms with van der Waals surface area (Å²) in [5, 5.41) is 5.49. The van der Waals surface area contributed by atoms with Crippen molar-refractivity contribution < 1.29 is 71.2 Å². The molecule has 2 amide bonds. The molecule has 0 unspecified atom stereocenters. The van der Waals surface area contributed by atoms with E-state index in [1.165, 1.54) is 44.5 Å². The molecule has 0 aromatic heterocycles. The SMILES string of the molecule is O=C(NCCOCCOCCOCCOCCOCCOCCOCCOCCOCCOCCOCCNC(=O)OCC1c2ccccc2-c2ccccc21)OCC1c2ccccc2-c2ccccc21. The van der Waals surface area contributed by atoms with Crippen molar-refractivity contribution in [1.29, 1.82) is 0 Å². The summed E-state index contributed by atoms with van der Waals surface area (Å²) in [7, 11) is 0. The summed E-state index contributed by atoms with van der Waals surface area (Å²) in [6, 6.07) is 33.0. The van der Waals surface area contributed by atoms with E-state index in [0.717, 1.165) is 0 Å². The summed E-state index contributed by atoms with van der Waals surface area (Å²) in [6.07, 6.45) is -0.915. The van der Waals surface area contributed by atoms with E-state index < -0.39 is 12.2 Å². The van der Waals surface area contributed by atoms with Crippen LogP contribution in [0.25, 0.3) is 22.3 Å². The Balaban J connectivity index is 0.581. The standard InChI is InChI=1S/C54H72N2O15/c57-53(70-41-51-47-13-5-1-9-43(47)44-10-2-6-14-48(44)51)55-17-19-59-21-23-61-25-27-63-29-31-65-33-35-67-37-39-69-40-38-68-36-34-66-32-30-64-28-26-62-24-22-60-20-18-56-54(58)71-42-52-49-15-7-3-11-45(49)46-12-4-8-16-50(46)52/h1-16,51-52H,17-42H2,(H,55,57)(H,56,58). The Kier molecular flexibility index (Phi) is 26.8. The maximum Gasteiger partial charge on any atom is 0.407 e. The molecule has 2 N–H and O–H groups in total. The van der Waals surface area contributed by atoms with Crippen LogP contribution in [0.3, 0.4) is 0 Å². The van der Waals surface area contributed by atoms with Gasteiger partial charge < -0.3 is 72.2 Å². The quantitative estimate of drug-likeness (QED) is 0.0478. The molecule has 4 aromatic carbocycles. The zero-order chi connectivity index (χ0) is 49.2. The van der Waals surface area contributed by atoms with Gasteiger partial charge in [0.15, 0.2) is 0 Å². The van der Waals surface area contributed by atoms with Crippen molar-refractivity contribution in [3.8, 4) is 22.3 Å². The van der Waals surface area contributed by atoms with Crippen LogP contribution in [0.5, 0.6) is 0 Å². The van der Waals surface area contributed by atoms with Gasteiger partial charge in [-0.2, -0.15) is 0 Å². The second kappa shape index (κ2) is 34.4. The van der Waals surface area contributed by atoms with Gasteiger partial charge in [-0.15, -0.1) is 0 Å². The van der Waals surface area contributed by atoms with E-state index in [-0.39, 0.29) is 25.0 Å². The number of hydrogen-bond acceptors (Lipinski definition) is 15. The van der Waals surface area contributed by atoms with Gasteiger partial charge >= 0.3 is 12.2 Å². The van der Waals surface area contributed by atoms with Crippen molar-refractivity contribution in [1.82, 2.24) is 10.6 Å². The monoisotopic (exact) mass is 988 g/mol. The highest BCUT2D eigenvalue weighted by atomic mass is 16.6. The maximum atomic E-state index is 12.3. The molecule has 2 aliphatic carbocycles. The van der Waals surface area contributed by atoms with Gasteiger partial charge in [0, 0.05) is 24.9 Å². The van der Waals surface area contributed by atoms with Crippen LogP contribution in [-0.2, 0) is 61.6 Å². The van der Waals surface area contributed by atoms with E-state index in [2.05, 4.69) is 59.2 Å². The topological polar surface area (TPSA) is 178 Å². The largest absolute Gasteiger partial charge is 0.449 e. The number of fused-ring (bicyclic) bond motifs is 6. The van der Waals surface area contributed by atoms with Crippen LogP contribution >= 0.6 is 0 Å². The summed E-state index contributed by atoms with van der Waals surface area (Å²) in [5.41, 5.74) is 9.51. The van der Waals surface area contributed by atoms with E-state index in [1.54, 1.807) is 0 Å². The van der Waals surface area contributed by atoms with Crippen molar-refractivity contribution in [2.75, 3.05) is 172 Å². The second-order valence-corrected chi connectivity index (χ2v) is 16.2. The summed E-state index contributed by atoms with van der Waals surface area (Å²) >= 11 is 0. The Bertz CT molecular complexity index is 1860. The van der Waals surface area contributed by atoms with E-state index in [4.69, 9.17) is 61.6 Å². The van der Waals surface area contributed by atoms with Gasteiger partial charge in [-0.25, -0.2) is 9.59 Å². The number of nitrogens with one attached hydrogen (secondary N) is 2. The molecule has 0 spiro atoms. The smallest absolute Gasteiger partial charge is 0.407 e. The Hall–Kier alpha value is -5.02. The van der Waals surface area contributed by atoms with Crippen LogP contribution in [0.2, 0.25) is 0 Å². The molecular weight excluding hydrogens is 917 g/mol. The van der Waals surface area contributed by atoms with Crippen LogP contribution in [-0.4, -0.2) is 184 Å². The van der Waals surface area contributed by atoms with E-state index >= 15 is 0 Å². The zero-order valence-corrected chi connectivity index (χ0v) is 40.9. The lowest BCUT2D eigenvalue weighted by atomic mass is 9.98. The average Bonchev–Trinajstić information content (AvgIpc) is 3.90. The lowest BCUT2D eigenvalue weighted by Crippen LogP contribution is -2.29.